The van der Waals surface area contributed by atoms with Crippen LogP contribution in [0.25, 0.3) is 10.2 Å². The first-order valence-electron chi connectivity index (χ1n) is 7.35. The van der Waals surface area contributed by atoms with Crippen molar-refractivity contribution in [3.8, 4) is 0 Å². The van der Waals surface area contributed by atoms with Crippen molar-refractivity contribution in [2.24, 2.45) is 5.92 Å². The van der Waals surface area contributed by atoms with Gasteiger partial charge in [-0.15, -0.1) is 11.3 Å². The van der Waals surface area contributed by atoms with Gasteiger partial charge in [-0.1, -0.05) is 52.1 Å². The molecular weight excluding hydrogens is 284 g/mol. The topological polar surface area (TPSA) is 16.1 Å². The average Bonchev–Trinajstić information content (AvgIpc) is 2.92. The van der Waals surface area contributed by atoms with Crippen molar-refractivity contribution >= 4 is 34.4 Å². The number of para-hydroxylation sites is 1. The molecule has 0 saturated carbocycles. The van der Waals surface area contributed by atoms with Gasteiger partial charge in [0.05, 0.1) is 15.7 Å². The highest BCUT2D eigenvalue weighted by atomic mass is 32.1. The Balaban J connectivity index is 0.000000202. The fourth-order valence-electron chi connectivity index (χ4n) is 1.66. The number of nitrogens with zero attached hydrogens (tertiary/aromatic N) is 2. The fourth-order valence-corrected chi connectivity index (χ4v) is 2.60. The third-order valence-corrected chi connectivity index (χ3v) is 4.18. The van der Waals surface area contributed by atoms with E-state index < -0.39 is 0 Å². The standard InChI is InChI=1S/C9H21NS.C7H5NS/c1-4-5-7-10(11)8-6-9(2)3;1-2-4-7-6(3-1)8-5-9-7/h9,11H,4-8H2,1-3H3;1-5H. The first-order chi connectivity index (χ1) is 9.63. The van der Waals surface area contributed by atoms with Crippen LogP contribution in [0.1, 0.15) is 40.0 Å². The number of thiazole rings is 1. The zero-order valence-corrected chi connectivity index (χ0v) is 14.5. The molecule has 0 unspecified atom stereocenters. The SMILES string of the molecule is CCCCN(S)CCC(C)C.c1ccc2scnc2c1. The minimum Gasteiger partial charge on any atom is -0.253 e. The summed E-state index contributed by atoms with van der Waals surface area (Å²) in [6.45, 7) is 8.97. The van der Waals surface area contributed by atoms with Gasteiger partial charge in [-0.2, -0.15) is 0 Å². The molecule has 1 aromatic heterocycles. The Bertz CT molecular complexity index is 438. The molecule has 2 aromatic rings. The van der Waals surface area contributed by atoms with E-state index in [-0.39, 0.29) is 0 Å². The molecule has 0 N–H and O–H groups in total. The minimum absolute atomic E-state index is 0.797. The van der Waals surface area contributed by atoms with Gasteiger partial charge in [-0.05, 0) is 30.9 Å². The summed E-state index contributed by atoms with van der Waals surface area (Å²) in [5.41, 5.74) is 2.97. The van der Waals surface area contributed by atoms with Crippen molar-refractivity contribution in [3.05, 3.63) is 29.8 Å². The zero-order valence-electron chi connectivity index (χ0n) is 12.7. The van der Waals surface area contributed by atoms with Gasteiger partial charge in [0.1, 0.15) is 0 Å². The highest BCUT2D eigenvalue weighted by Gasteiger charge is 1.99. The van der Waals surface area contributed by atoms with E-state index in [0.717, 1.165) is 24.5 Å². The molecule has 0 fully saturated rings. The molecule has 0 aliphatic carbocycles. The minimum atomic E-state index is 0.797. The molecule has 0 amide bonds. The monoisotopic (exact) mass is 310 g/mol. The van der Waals surface area contributed by atoms with Crippen LogP contribution in [0, 0.1) is 5.92 Å². The molecule has 0 aliphatic heterocycles. The Morgan fingerprint density at radius 1 is 1.25 bits per heavy atom. The van der Waals surface area contributed by atoms with Crippen LogP contribution in [0.15, 0.2) is 29.8 Å². The van der Waals surface area contributed by atoms with Crippen molar-refractivity contribution in [2.75, 3.05) is 13.1 Å². The molecule has 1 heterocycles. The quantitative estimate of drug-likeness (QED) is 0.731. The molecule has 20 heavy (non-hydrogen) atoms. The summed E-state index contributed by atoms with van der Waals surface area (Å²) in [5, 5.41) is 0. The summed E-state index contributed by atoms with van der Waals surface area (Å²) in [6.07, 6.45) is 3.79. The molecule has 0 radical (unpaired) electrons. The Kier molecular flexibility index (Phi) is 8.90. The van der Waals surface area contributed by atoms with Crippen molar-refractivity contribution in [3.63, 3.8) is 0 Å². The van der Waals surface area contributed by atoms with Gasteiger partial charge >= 0.3 is 0 Å². The second-order valence-electron chi connectivity index (χ2n) is 5.31. The lowest BCUT2D eigenvalue weighted by Gasteiger charge is -2.15. The molecule has 2 nitrogen and oxygen atoms in total. The number of hydrogen-bond donors (Lipinski definition) is 1. The second kappa shape index (κ2) is 10.2. The molecule has 0 saturated heterocycles. The van der Waals surface area contributed by atoms with Crippen LogP contribution in [0.2, 0.25) is 0 Å². The summed E-state index contributed by atoms with van der Waals surface area (Å²) in [5.74, 6) is 0.797. The summed E-state index contributed by atoms with van der Waals surface area (Å²) in [4.78, 5) is 4.14. The number of fused-ring (bicyclic) bond motifs is 1. The maximum Gasteiger partial charge on any atom is 0.0812 e. The zero-order chi connectivity index (χ0) is 14.8. The summed E-state index contributed by atoms with van der Waals surface area (Å²) < 4.78 is 3.39. The average molecular weight is 311 g/mol. The van der Waals surface area contributed by atoms with E-state index in [2.05, 4.69) is 48.9 Å². The van der Waals surface area contributed by atoms with Crippen LogP contribution < -0.4 is 0 Å². The summed E-state index contributed by atoms with van der Waals surface area (Å²) >= 11 is 6.05. The summed E-state index contributed by atoms with van der Waals surface area (Å²) in [7, 11) is 0. The highest BCUT2D eigenvalue weighted by Crippen LogP contribution is 2.15. The first kappa shape index (κ1) is 17.5. The lowest BCUT2D eigenvalue weighted by Crippen LogP contribution is -2.16. The van der Waals surface area contributed by atoms with Crippen LogP contribution in [0.4, 0.5) is 0 Å². The van der Waals surface area contributed by atoms with E-state index in [4.69, 9.17) is 0 Å². The van der Waals surface area contributed by atoms with Gasteiger partial charge in [0, 0.05) is 13.1 Å². The molecular formula is C16H26N2S2. The van der Waals surface area contributed by atoms with Crippen molar-refractivity contribution in [1.29, 1.82) is 0 Å². The Morgan fingerprint density at radius 3 is 2.65 bits per heavy atom. The van der Waals surface area contributed by atoms with Crippen molar-refractivity contribution in [2.45, 2.75) is 40.0 Å². The molecule has 0 aliphatic rings. The van der Waals surface area contributed by atoms with E-state index in [1.54, 1.807) is 11.3 Å². The molecule has 1 aromatic carbocycles. The predicted molar refractivity (Wildman–Crippen MR) is 94.5 cm³/mol. The van der Waals surface area contributed by atoms with Crippen LogP contribution in [-0.4, -0.2) is 22.4 Å². The smallest absolute Gasteiger partial charge is 0.0812 e. The molecule has 0 atom stereocenters. The van der Waals surface area contributed by atoms with E-state index in [1.807, 2.05) is 23.7 Å². The third-order valence-electron chi connectivity index (χ3n) is 2.97. The highest BCUT2D eigenvalue weighted by molar-refractivity contribution is 7.77. The predicted octanol–water partition coefficient (Wildman–Crippen LogP) is 5.28. The van der Waals surface area contributed by atoms with E-state index in [0.29, 0.717) is 0 Å². The van der Waals surface area contributed by atoms with E-state index in [1.165, 1.54) is 24.0 Å². The normalized spacial score (nSPS) is 10.9. The maximum absolute atomic E-state index is 4.37. The van der Waals surface area contributed by atoms with E-state index >= 15 is 0 Å². The molecule has 112 valence electrons. The number of thiol groups is 1. The van der Waals surface area contributed by atoms with Crippen molar-refractivity contribution in [1.82, 2.24) is 9.29 Å². The Labute approximate surface area is 132 Å². The number of benzene rings is 1. The van der Waals surface area contributed by atoms with Gasteiger partial charge < -0.3 is 0 Å². The van der Waals surface area contributed by atoms with Crippen LogP contribution >= 0.6 is 24.2 Å². The van der Waals surface area contributed by atoms with Gasteiger partial charge in [0.15, 0.2) is 0 Å². The van der Waals surface area contributed by atoms with Crippen LogP contribution in [-0.2, 0) is 0 Å². The molecule has 2 rings (SSSR count). The van der Waals surface area contributed by atoms with E-state index in [9.17, 15) is 0 Å². The number of unbranched alkanes of at least 4 members (excludes halogenated alkanes) is 1. The number of rotatable bonds is 6. The van der Waals surface area contributed by atoms with Crippen LogP contribution in [0.3, 0.4) is 0 Å². The Morgan fingerprint density at radius 2 is 2.00 bits per heavy atom. The number of hydrogen-bond acceptors (Lipinski definition) is 4. The van der Waals surface area contributed by atoms with Gasteiger partial charge in [0.25, 0.3) is 0 Å². The van der Waals surface area contributed by atoms with Crippen LogP contribution in [0.5, 0.6) is 0 Å². The van der Waals surface area contributed by atoms with Gasteiger partial charge in [0.2, 0.25) is 0 Å². The van der Waals surface area contributed by atoms with Gasteiger partial charge in [-0.3, -0.25) is 4.31 Å². The number of aromatic nitrogens is 1. The van der Waals surface area contributed by atoms with Gasteiger partial charge in [-0.25, -0.2) is 4.98 Å². The molecule has 0 spiro atoms. The Hall–Kier alpha value is -0.580. The lowest BCUT2D eigenvalue weighted by molar-refractivity contribution is 0.415. The van der Waals surface area contributed by atoms with Crippen molar-refractivity contribution < 1.29 is 0 Å². The maximum atomic E-state index is 4.37. The molecule has 0 bridgehead atoms. The second-order valence-corrected chi connectivity index (χ2v) is 6.76. The third kappa shape index (κ3) is 7.27. The largest absolute Gasteiger partial charge is 0.253 e. The lowest BCUT2D eigenvalue weighted by atomic mass is 10.1. The molecule has 4 heteroatoms. The summed E-state index contributed by atoms with van der Waals surface area (Å²) in [6, 6.07) is 8.13. The fraction of sp³-hybridized carbons (Fsp3) is 0.562. The first-order valence-corrected chi connectivity index (χ1v) is 8.63.